The van der Waals surface area contributed by atoms with Crippen LogP contribution in [-0.2, 0) is 11.3 Å². The van der Waals surface area contributed by atoms with E-state index in [0.29, 0.717) is 25.2 Å². The van der Waals surface area contributed by atoms with E-state index in [4.69, 9.17) is 4.42 Å². The Morgan fingerprint density at radius 2 is 2.12 bits per heavy atom. The Balaban J connectivity index is 1.48. The SMILES string of the molecule is Cc1cccc(CN2CCC[C@@]3(CCN(C(=O)c4ccoc4)C3)C2=O)c1. The predicted octanol–water partition coefficient (Wildman–Crippen LogP) is 3.24. The van der Waals surface area contributed by atoms with Crippen molar-refractivity contribution in [3.63, 3.8) is 0 Å². The van der Waals surface area contributed by atoms with Crippen molar-refractivity contribution < 1.29 is 14.0 Å². The number of hydrogen-bond donors (Lipinski definition) is 0. The molecule has 2 amide bonds. The van der Waals surface area contributed by atoms with Gasteiger partial charge in [0.05, 0.1) is 17.2 Å². The van der Waals surface area contributed by atoms with Gasteiger partial charge in [0.1, 0.15) is 6.26 Å². The number of furan rings is 1. The lowest BCUT2D eigenvalue weighted by Crippen LogP contribution is -2.50. The minimum absolute atomic E-state index is 0.0424. The lowest BCUT2D eigenvalue weighted by Gasteiger charge is -2.39. The fourth-order valence-corrected chi connectivity index (χ4v) is 4.33. The zero-order chi connectivity index (χ0) is 18.1. The molecule has 5 heteroatoms. The Morgan fingerprint density at radius 1 is 1.23 bits per heavy atom. The first kappa shape index (κ1) is 16.9. The Labute approximate surface area is 153 Å². The zero-order valence-corrected chi connectivity index (χ0v) is 15.1. The first-order valence-corrected chi connectivity index (χ1v) is 9.24. The van der Waals surface area contributed by atoms with Gasteiger partial charge in [-0.1, -0.05) is 29.8 Å². The van der Waals surface area contributed by atoms with Gasteiger partial charge in [0.25, 0.3) is 5.91 Å². The highest BCUT2D eigenvalue weighted by Gasteiger charge is 2.49. The van der Waals surface area contributed by atoms with Gasteiger partial charge in [-0.3, -0.25) is 9.59 Å². The molecule has 3 heterocycles. The fourth-order valence-electron chi connectivity index (χ4n) is 4.33. The van der Waals surface area contributed by atoms with Crippen LogP contribution in [0.3, 0.4) is 0 Å². The Bertz CT molecular complexity index is 814. The lowest BCUT2D eigenvalue weighted by atomic mass is 9.78. The average molecular weight is 352 g/mol. The summed E-state index contributed by atoms with van der Waals surface area (Å²) in [5, 5.41) is 0. The van der Waals surface area contributed by atoms with Crippen molar-refractivity contribution in [3.05, 3.63) is 59.5 Å². The summed E-state index contributed by atoms with van der Waals surface area (Å²) >= 11 is 0. The van der Waals surface area contributed by atoms with Gasteiger partial charge in [0.15, 0.2) is 0 Å². The highest BCUT2D eigenvalue weighted by Crippen LogP contribution is 2.41. The van der Waals surface area contributed by atoms with E-state index < -0.39 is 5.41 Å². The van der Waals surface area contributed by atoms with E-state index in [2.05, 4.69) is 25.1 Å². The summed E-state index contributed by atoms with van der Waals surface area (Å²) in [6.07, 6.45) is 5.59. The molecular formula is C21H24N2O3. The highest BCUT2D eigenvalue weighted by molar-refractivity contribution is 5.95. The predicted molar refractivity (Wildman–Crippen MR) is 97.5 cm³/mol. The number of carbonyl (C=O) groups is 2. The van der Waals surface area contributed by atoms with E-state index in [-0.39, 0.29) is 11.8 Å². The molecule has 0 N–H and O–H groups in total. The number of carbonyl (C=O) groups excluding carboxylic acids is 2. The van der Waals surface area contributed by atoms with E-state index in [1.54, 1.807) is 11.0 Å². The molecule has 0 unspecified atom stereocenters. The third kappa shape index (κ3) is 3.02. The van der Waals surface area contributed by atoms with E-state index in [1.807, 2.05) is 11.0 Å². The van der Waals surface area contributed by atoms with Crippen molar-refractivity contribution >= 4 is 11.8 Å². The second-order valence-electron chi connectivity index (χ2n) is 7.59. The van der Waals surface area contributed by atoms with Gasteiger partial charge >= 0.3 is 0 Å². The van der Waals surface area contributed by atoms with Crippen molar-refractivity contribution in [1.82, 2.24) is 9.80 Å². The van der Waals surface area contributed by atoms with Crippen LogP contribution >= 0.6 is 0 Å². The molecule has 5 nitrogen and oxygen atoms in total. The smallest absolute Gasteiger partial charge is 0.257 e. The number of likely N-dealkylation sites (tertiary alicyclic amines) is 2. The molecule has 1 aromatic heterocycles. The van der Waals surface area contributed by atoms with Gasteiger partial charge < -0.3 is 14.2 Å². The van der Waals surface area contributed by atoms with Gasteiger partial charge in [-0.05, 0) is 37.8 Å². The van der Waals surface area contributed by atoms with Gasteiger partial charge in [-0.2, -0.15) is 0 Å². The van der Waals surface area contributed by atoms with E-state index in [0.717, 1.165) is 25.8 Å². The van der Waals surface area contributed by atoms with E-state index >= 15 is 0 Å². The average Bonchev–Trinajstić information content (AvgIpc) is 3.30. The van der Waals surface area contributed by atoms with Gasteiger partial charge in [-0.15, -0.1) is 0 Å². The molecule has 2 aliphatic rings. The maximum Gasteiger partial charge on any atom is 0.257 e. The van der Waals surface area contributed by atoms with E-state index in [9.17, 15) is 9.59 Å². The van der Waals surface area contributed by atoms with Gasteiger partial charge in [0, 0.05) is 26.2 Å². The number of aryl methyl sites for hydroxylation is 1. The normalized spacial score (nSPS) is 23.0. The van der Waals surface area contributed by atoms with Crippen molar-refractivity contribution in [2.45, 2.75) is 32.7 Å². The summed E-state index contributed by atoms with van der Waals surface area (Å²) in [5.41, 5.74) is 2.52. The van der Waals surface area contributed by atoms with Crippen LogP contribution in [0.1, 0.15) is 40.7 Å². The summed E-state index contributed by atoms with van der Waals surface area (Å²) in [5.74, 6) is 0.159. The molecule has 2 saturated heterocycles. The van der Waals surface area contributed by atoms with Crippen LogP contribution in [0.4, 0.5) is 0 Å². The largest absolute Gasteiger partial charge is 0.472 e. The number of amides is 2. The Morgan fingerprint density at radius 3 is 2.88 bits per heavy atom. The molecule has 1 aromatic carbocycles. The quantitative estimate of drug-likeness (QED) is 0.852. The van der Waals surface area contributed by atoms with Crippen LogP contribution in [0.15, 0.2) is 47.3 Å². The van der Waals surface area contributed by atoms with Crippen LogP contribution in [-0.4, -0.2) is 41.2 Å². The van der Waals surface area contributed by atoms with Crippen molar-refractivity contribution in [2.24, 2.45) is 5.41 Å². The number of rotatable bonds is 3. The molecule has 2 fully saturated rings. The van der Waals surface area contributed by atoms with Crippen LogP contribution in [0.2, 0.25) is 0 Å². The second kappa shape index (κ2) is 6.63. The van der Waals surface area contributed by atoms with Crippen molar-refractivity contribution in [2.75, 3.05) is 19.6 Å². The maximum atomic E-state index is 13.3. The summed E-state index contributed by atoms with van der Waals surface area (Å²) in [4.78, 5) is 29.6. The molecule has 136 valence electrons. The van der Waals surface area contributed by atoms with Gasteiger partial charge in [0.2, 0.25) is 5.91 Å². The fraction of sp³-hybridized carbons (Fsp3) is 0.429. The molecule has 0 radical (unpaired) electrons. The van der Waals surface area contributed by atoms with Crippen LogP contribution in [0.5, 0.6) is 0 Å². The topological polar surface area (TPSA) is 53.8 Å². The van der Waals surface area contributed by atoms with Crippen molar-refractivity contribution in [1.29, 1.82) is 0 Å². The number of nitrogens with zero attached hydrogens (tertiary/aromatic N) is 2. The van der Waals surface area contributed by atoms with Gasteiger partial charge in [-0.25, -0.2) is 0 Å². The first-order valence-electron chi connectivity index (χ1n) is 9.24. The number of piperidine rings is 1. The lowest BCUT2D eigenvalue weighted by molar-refractivity contribution is -0.146. The van der Waals surface area contributed by atoms with Crippen LogP contribution in [0, 0.1) is 12.3 Å². The molecule has 2 aromatic rings. The van der Waals surface area contributed by atoms with E-state index in [1.165, 1.54) is 23.7 Å². The third-order valence-electron chi connectivity index (χ3n) is 5.69. The molecule has 26 heavy (non-hydrogen) atoms. The highest BCUT2D eigenvalue weighted by atomic mass is 16.3. The molecule has 0 bridgehead atoms. The monoisotopic (exact) mass is 352 g/mol. The van der Waals surface area contributed by atoms with Crippen molar-refractivity contribution in [3.8, 4) is 0 Å². The Hall–Kier alpha value is -2.56. The summed E-state index contributed by atoms with van der Waals surface area (Å²) < 4.78 is 5.02. The molecule has 1 atom stereocenters. The van der Waals surface area contributed by atoms with Crippen LogP contribution < -0.4 is 0 Å². The minimum atomic E-state index is -0.415. The molecule has 1 spiro atoms. The summed E-state index contributed by atoms with van der Waals surface area (Å²) in [7, 11) is 0. The minimum Gasteiger partial charge on any atom is -0.472 e. The zero-order valence-electron chi connectivity index (χ0n) is 15.1. The second-order valence-corrected chi connectivity index (χ2v) is 7.59. The Kier molecular flexibility index (Phi) is 4.31. The first-order chi connectivity index (χ1) is 12.6. The third-order valence-corrected chi connectivity index (χ3v) is 5.69. The molecular weight excluding hydrogens is 328 g/mol. The molecule has 2 aliphatic heterocycles. The molecule has 0 saturated carbocycles. The number of hydrogen-bond acceptors (Lipinski definition) is 3. The molecule has 4 rings (SSSR count). The summed E-state index contributed by atoms with van der Waals surface area (Å²) in [6.45, 7) is 4.66. The standard InChI is InChI=1S/C21H24N2O3/c1-16-4-2-5-17(12-16)13-22-9-3-7-21(20(22)25)8-10-23(15-21)19(24)18-6-11-26-14-18/h2,4-6,11-12,14H,3,7-10,13,15H2,1H3/t21-/m0/s1. The number of benzene rings is 1. The van der Waals surface area contributed by atoms with Crippen LogP contribution in [0.25, 0.3) is 0 Å². The summed E-state index contributed by atoms with van der Waals surface area (Å²) in [6, 6.07) is 10.00. The molecule has 0 aliphatic carbocycles. The maximum absolute atomic E-state index is 13.3.